The van der Waals surface area contributed by atoms with E-state index in [1.165, 1.54) is 14.2 Å². The van der Waals surface area contributed by atoms with Crippen molar-refractivity contribution in [3.8, 4) is 5.75 Å². The lowest BCUT2D eigenvalue weighted by Gasteiger charge is -2.41. The molecule has 3 aromatic rings. The zero-order chi connectivity index (χ0) is 64.7. The van der Waals surface area contributed by atoms with E-state index in [0.717, 1.165) is 28.4 Å². The van der Waals surface area contributed by atoms with Crippen LogP contribution in [0.1, 0.15) is 134 Å². The Labute approximate surface area is 530 Å². The van der Waals surface area contributed by atoms with Crippen LogP contribution in [-0.4, -0.2) is 195 Å². The molecule has 0 bridgehead atoms. The van der Waals surface area contributed by atoms with Crippen molar-refractivity contribution in [2.75, 3.05) is 74.1 Å². The lowest BCUT2D eigenvalue weighted by molar-refractivity contribution is -0.149. The Kier molecular flexibility index (Phi) is 26.9. The molecule has 2 aromatic carbocycles. The lowest BCUT2D eigenvalue weighted by Crippen LogP contribution is -2.55. The fourth-order valence-electron chi connectivity index (χ4n) is 12.5. The number of likely N-dealkylation sites (tertiary alicyclic amines) is 2. The van der Waals surface area contributed by atoms with E-state index in [4.69, 9.17) is 24.2 Å². The number of thioether (sulfide) groups is 2. The number of carbonyl (C=O) groups is 7. The quantitative estimate of drug-likeness (QED) is 0.0551. The van der Waals surface area contributed by atoms with E-state index in [-0.39, 0.29) is 78.2 Å². The number of carbonyl (C=O) groups excluding carboxylic acids is 7. The molecule has 24 heteroatoms. The SMILES string of the molecule is CC[C@H](C)[C@@H]([C@@H](CC(=O)N1CCC[C@H]1[C@H](OC)[C@@H](C)C(=O)N[C@@H](Cc1ccc(OC(=O)N2CCC(CNC(=O)c3ccc4nc(CSC)c(CSC)nc4c3)CC2)cc1)C(=O)NS(=O)(=O)C1CC1)OC)N(C)C(=O)[C@@H](CC(=O)[C@H](C(C)C)N(C)C)C(C)C. The molecule has 9 atom stereocenters. The van der Waals surface area contributed by atoms with Gasteiger partial charge in [0.2, 0.25) is 27.7 Å². The van der Waals surface area contributed by atoms with Crippen molar-refractivity contribution in [1.29, 1.82) is 0 Å². The number of benzene rings is 2. The summed E-state index contributed by atoms with van der Waals surface area (Å²) in [5, 5.41) is 5.16. The molecule has 3 N–H and O–H groups in total. The van der Waals surface area contributed by atoms with Gasteiger partial charge in [0.15, 0.2) is 5.78 Å². The van der Waals surface area contributed by atoms with Gasteiger partial charge in [-0.2, -0.15) is 23.5 Å². The fourth-order valence-corrected chi connectivity index (χ4v) is 14.8. The number of hydrogen-bond donors (Lipinski definition) is 3. The van der Waals surface area contributed by atoms with Gasteiger partial charge in [0.25, 0.3) is 11.8 Å². The number of nitrogens with zero attached hydrogens (tertiary/aromatic N) is 6. The van der Waals surface area contributed by atoms with Gasteiger partial charge in [-0.25, -0.2) is 23.2 Å². The van der Waals surface area contributed by atoms with Crippen molar-refractivity contribution in [3.05, 3.63) is 65.0 Å². The van der Waals surface area contributed by atoms with Crippen molar-refractivity contribution in [2.45, 2.75) is 166 Å². The number of methoxy groups -OCH3 is 2. The van der Waals surface area contributed by atoms with E-state index in [9.17, 15) is 42.0 Å². The maximum atomic E-state index is 14.6. The van der Waals surface area contributed by atoms with E-state index in [0.29, 0.717) is 87.8 Å². The molecule has 0 unspecified atom stereocenters. The van der Waals surface area contributed by atoms with Crippen molar-refractivity contribution in [3.63, 3.8) is 0 Å². The third-order valence-electron chi connectivity index (χ3n) is 17.8. The average molecular weight is 1280 g/mol. The molecule has 2 saturated heterocycles. The van der Waals surface area contributed by atoms with Crippen molar-refractivity contribution >= 4 is 86.0 Å². The van der Waals surface area contributed by atoms with Crippen molar-refractivity contribution < 1.29 is 56.2 Å². The summed E-state index contributed by atoms with van der Waals surface area (Å²) in [6.45, 7) is 15.2. The minimum absolute atomic E-state index is 0.00290. The van der Waals surface area contributed by atoms with Crippen LogP contribution >= 0.6 is 23.5 Å². The number of nitrogens with one attached hydrogen (secondary N) is 3. The Morgan fingerprint density at radius 2 is 1.41 bits per heavy atom. The molecule has 6 amide bonds. The molecule has 1 saturated carbocycles. The first-order chi connectivity index (χ1) is 41.8. The number of Topliss-reactive ketones (excluding diaryl/α,β-unsaturated/α-hetero) is 1. The van der Waals surface area contributed by atoms with Gasteiger partial charge in [0, 0.05) is 83.3 Å². The van der Waals surface area contributed by atoms with Gasteiger partial charge < -0.3 is 39.5 Å². The molecule has 3 aliphatic rings. The Bertz CT molecular complexity index is 2990. The molecule has 6 rings (SSSR count). The summed E-state index contributed by atoms with van der Waals surface area (Å²) in [6.07, 6.45) is 5.83. The summed E-state index contributed by atoms with van der Waals surface area (Å²) in [5.74, 6) is -1.93. The lowest BCUT2D eigenvalue weighted by atomic mass is 9.83. The van der Waals surface area contributed by atoms with Gasteiger partial charge in [0.1, 0.15) is 11.8 Å². The predicted molar refractivity (Wildman–Crippen MR) is 345 cm³/mol. The molecule has 2 aliphatic heterocycles. The number of sulfonamides is 1. The minimum atomic E-state index is -4.01. The topological polar surface area (TPSA) is 256 Å². The molecular formula is C64H97N9O12S3. The Balaban J connectivity index is 1.06. The summed E-state index contributed by atoms with van der Waals surface area (Å²) in [5.41, 5.74) is 4.35. The van der Waals surface area contributed by atoms with Gasteiger partial charge in [-0.05, 0) is 125 Å². The molecule has 3 heterocycles. The van der Waals surface area contributed by atoms with Crippen LogP contribution in [0.2, 0.25) is 0 Å². The largest absolute Gasteiger partial charge is 0.415 e. The second-order valence-corrected chi connectivity index (χ2v) is 28.8. The summed E-state index contributed by atoms with van der Waals surface area (Å²) < 4.78 is 46.3. The molecule has 21 nitrogen and oxygen atoms in total. The molecule has 0 spiro atoms. The van der Waals surface area contributed by atoms with Crippen LogP contribution in [0.15, 0.2) is 42.5 Å². The number of fused-ring (bicyclic) bond motifs is 1. The standard InChI is InChI=1S/C64H97N9O12S3/c1-15-40(6)58(71(10)63(79)47(38(2)3)33-54(74)57(39(4)5)70(8)9)55(83-11)34-56(75)73-28-16-17-53(73)59(84-12)41(7)60(76)68-50(62(78)69-88(81,82)46-23-24-46)31-42-18-21-45(22-19-42)85-64(80)72-29-26-43(27-30-72)35-65-61(77)44-20-25-48-49(32-44)67-52(37-87-14)51(66-48)36-86-13/h18-22,25,32,38-41,43,46-47,50,53,55,57-59H,15-17,23-24,26-31,33-37H2,1-14H3,(H,65,77)(H,68,76)(H,69,78)/t40-,41+,47-,50-,53-,55+,57-,58-,59+/m0/s1. The number of piperidine rings is 1. The highest BCUT2D eigenvalue weighted by molar-refractivity contribution is 7.98. The van der Waals surface area contributed by atoms with Crippen LogP contribution in [-0.2, 0) is 61.4 Å². The molecule has 88 heavy (non-hydrogen) atoms. The normalized spacial score (nSPS) is 18.5. The summed E-state index contributed by atoms with van der Waals surface area (Å²) >= 11 is 3.37. The van der Waals surface area contributed by atoms with E-state index in [1.807, 2.05) is 79.1 Å². The molecule has 1 aliphatic carbocycles. The van der Waals surface area contributed by atoms with Crippen LogP contribution < -0.4 is 20.1 Å². The predicted octanol–water partition coefficient (Wildman–Crippen LogP) is 7.37. The van der Waals surface area contributed by atoms with Crippen molar-refractivity contribution in [1.82, 2.24) is 44.9 Å². The Morgan fingerprint density at radius 1 is 0.773 bits per heavy atom. The number of ketones is 1. The van der Waals surface area contributed by atoms with Gasteiger partial charge in [-0.1, -0.05) is 67.0 Å². The smallest absolute Gasteiger partial charge is 0.410 e. The first kappa shape index (κ1) is 71.7. The number of hydrogen-bond acceptors (Lipinski definition) is 17. The minimum Gasteiger partial charge on any atom is -0.410 e. The van der Waals surface area contributed by atoms with Gasteiger partial charge >= 0.3 is 6.09 Å². The molecule has 1 aromatic heterocycles. The maximum Gasteiger partial charge on any atom is 0.415 e. The average Bonchev–Trinajstić information content (AvgIpc) is 3.46. The second kappa shape index (κ2) is 33.1. The Morgan fingerprint density at radius 3 is 1.97 bits per heavy atom. The summed E-state index contributed by atoms with van der Waals surface area (Å²) in [6, 6.07) is 9.05. The third-order valence-corrected chi connectivity index (χ3v) is 20.8. The van der Waals surface area contributed by atoms with Crippen molar-refractivity contribution in [2.24, 2.45) is 35.5 Å². The number of ether oxygens (including phenoxy) is 3. The highest BCUT2D eigenvalue weighted by Gasteiger charge is 2.45. The second-order valence-electron chi connectivity index (χ2n) is 25.1. The Hall–Kier alpha value is -5.40. The fraction of sp³-hybridized carbons (Fsp3) is 0.672. The molecule has 0 radical (unpaired) electrons. The molecule has 488 valence electrons. The molecular weight excluding hydrogens is 1180 g/mol. The molecule has 3 fully saturated rings. The first-order valence-corrected chi connectivity index (χ1v) is 35.4. The van der Waals surface area contributed by atoms with Crippen LogP contribution in [0.3, 0.4) is 0 Å². The van der Waals surface area contributed by atoms with Crippen LogP contribution in [0.5, 0.6) is 5.75 Å². The van der Waals surface area contributed by atoms with E-state index < -0.39 is 75.4 Å². The number of likely N-dealkylation sites (N-methyl/N-ethyl adjacent to an activating group) is 2. The van der Waals surface area contributed by atoms with Gasteiger partial charge in [-0.3, -0.25) is 38.4 Å². The highest BCUT2D eigenvalue weighted by Crippen LogP contribution is 2.33. The van der Waals surface area contributed by atoms with E-state index in [1.54, 1.807) is 88.6 Å². The zero-order valence-electron chi connectivity index (χ0n) is 54.2. The van der Waals surface area contributed by atoms with E-state index >= 15 is 0 Å². The maximum absolute atomic E-state index is 14.6. The van der Waals surface area contributed by atoms with E-state index in [2.05, 4.69) is 15.4 Å². The zero-order valence-corrected chi connectivity index (χ0v) is 56.6. The monoisotopic (exact) mass is 1280 g/mol. The first-order valence-electron chi connectivity index (χ1n) is 31.0. The summed E-state index contributed by atoms with van der Waals surface area (Å²) in [4.78, 5) is 114. The summed E-state index contributed by atoms with van der Waals surface area (Å²) in [7, 11) is 4.46. The number of amides is 6. The van der Waals surface area contributed by atoms with Gasteiger partial charge in [0.05, 0.1) is 70.3 Å². The highest BCUT2D eigenvalue weighted by atomic mass is 32.2. The van der Waals surface area contributed by atoms with Crippen LogP contribution in [0.25, 0.3) is 11.0 Å². The third kappa shape index (κ3) is 18.8. The number of aromatic nitrogens is 2. The van der Waals surface area contributed by atoms with Gasteiger partial charge in [-0.15, -0.1) is 0 Å². The van der Waals surface area contributed by atoms with Crippen LogP contribution in [0, 0.1) is 35.5 Å². The van der Waals surface area contributed by atoms with Crippen LogP contribution in [0.4, 0.5) is 4.79 Å². The number of rotatable bonds is 32.